The minimum atomic E-state index is -4.16. The molecule has 21 heavy (non-hydrogen) atoms. The Kier molecular flexibility index (Phi) is 4.70. The van der Waals surface area contributed by atoms with Crippen LogP contribution < -0.4 is 4.72 Å². The fourth-order valence-electron chi connectivity index (χ4n) is 1.77. The van der Waals surface area contributed by atoms with Gasteiger partial charge in [-0.2, -0.15) is 0 Å². The second kappa shape index (κ2) is 6.17. The first kappa shape index (κ1) is 16.0. The molecule has 0 amide bonds. The molecule has 0 saturated heterocycles. The molecule has 0 fully saturated rings. The molecule has 1 aromatic heterocycles. The van der Waals surface area contributed by atoms with Crippen LogP contribution in [0.15, 0.2) is 45.9 Å². The van der Waals surface area contributed by atoms with E-state index in [0.29, 0.717) is 11.8 Å². The summed E-state index contributed by atoms with van der Waals surface area (Å²) in [5, 5.41) is 0. The Labute approximate surface area is 129 Å². The van der Waals surface area contributed by atoms with Crippen LogP contribution in [0.5, 0.6) is 0 Å². The van der Waals surface area contributed by atoms with Crippen LogP contribution in [0.2, 0.25) is 0 Å². The van der Waals surface area contributed by atoms with Gasteiger partial charge in [0.2, 0.25) is 10.0 Å². The summed E-state index contributed by atoms with van der Waals surface area (Å²) >= 11 is 2.87. The van der Waals surface area contributed by atoms with Crippen LogP contribution in [0.3, 0.4) is 0 Å². The molecule has 1 N–H and O–H groups in total. The first-order valence-corrected chi connectivity index (χ1v) is 8.16. The molecule has 1 atom stereocenters. The highest BCUT2D eigenvalue weighted by molar-refractivity contribution is 9.10. The molecular weight excluding hydrogens is 366 g/mol. The monoisotopic (exact) mass is 376 g/mol. The Bertz CT molecular complexity index is 731. The number of pyridine rings is 1. The minimum Gasteiger partial charge on any atom is -0.260 e. The van der Waals surface area contributed by atoms with Crippen LogP contribution in [-0.4, -0.2) is 13.4 Å². The summed E-state index contributed by atoms with van der Waals surface area (Å²) in [5.41, 5.74) is 0.486. The SMILES string of the molecule is CC(NS(=O)(=O)c1c(F)cc(F)cc1Br)c1ccccn1. The lowest BCUT2D eigenvalue weighted by atomic mass is 10.2. The van der Waals surface area contributed by atoms with E-state index < -0.39 is 32.6 Å². The second-order valence-corrected chi connectivity index (χ2v) is 6.80. The Morgan fingerprint density at radius 1 is 1.29 bits per heavy atom. The van der Waals surface area contributed by atoms with Crippen molar-refractivity contribution in [2.45, 2.75) is 17.9 Å². The maximum absolute atomic E-state index is 13.8. The molecule has 0 saturated carbocycles. The predicted molar refractivity (Wildman–Crippen MR) is 77.0 cm³/mol. The van der Waals surface area contributed by atoms with Crippen LogP contribution >= 0.6 is 15.9 Å². The number of benzene rings is 1. The van der Waals surface area contributed by atoms with Crippen LogP contribution in [0.4, 0.5) is 8.78 Å². The van der Waals surface area contributed by atoms with Crippen molar-refractivity contribution in [2.75, 3.05) is 0 Å². The summed E-state index contributed by atoms with van der Waals surface area (Å²) < 4.78 is 53.4. The molecular formula is C13H11BrF2N2O2S. The zero-order valence-electron chi connectivity index (χ0n) is 10.8. The van der Waals surface area contributed by atoms with Gasteiger partial charge in [-0.05, 0) is 41.1 Å². The van der Waals surface area contributed by atoms with Gasteiger partial charge in [0, 0.05) is 16.7 Å². The first-order chi connectivity index (χ1) is 9.81. The number of halogens is 3. The van der Waals surface area contributed by atoms with E-state index in [4.69, 9.17) is 0 Å². The van der Waals surface area contributed by atoms with E-state index in [9.17, 15) is 17.2 Å². The normalized spacial score (nSPS) is 13.1. The van der Waals surface area contributed by atoms with E-state index in [1.54, 1.807) is 25.1 Å². The maximum atomic E-state index is 13.8. The smallest absolute Gasteiger partial charge is 0.245 e. The Morgan fingerprint density at radius 3 is 2.57 bits per heavy atom. The quantitative estimate of drug-likeness (QED) is 0.891. The molecule has 1 unspecified atom stereocenters. The predicted octanol–water partition coefficient (Wildman–Crippen LogP) is 3.16. The van der Waals surface area contributed by atoms with Gasteiger partial charge in [-0.15, -0.1) is 0 Å². The average Bonchev–Trinajstić information content (AvgIpc) is 2.37. The van der Waals surface area contributed by atoms with E-state index in [1.807, 2.05) is 0 Å². The molecule has 0 radical (unpaired) electrons. The number of nitrogens with zero attached hydrogens (tertiary/aromatic N) is 1. The molecule has 0 aliphatic rings. The number of sulfonamides is 1. The van der Waals surface area contributed by atoms with Gasteiger partial charge in [-0.3, -0.25) is 4.98 Å². The molecule has 0 spiro atoms. The standard InChI is InChI=1S/C13H11BrF2N2O2S/c1-8(12-4-2-3-5-17-12)18-21(19,20)13-10(14)6-9(15)7-11(13)16/h2-8,18H,1H3. The minimum absolute atomic E-state index is 0.180. The van der Waals surface area contributed by atoms with Crippen molar-refractivity contribution in [1.29, 1.82) is 0 Å². The maximum Gasteiger partial charge on any atom is 0.245 e. The van der Waals surface area contributed by atoms with Gasteiger partial charge >= 0.3 is 0 Å². The van der Waals surface area contributed by atoms with E-state index in [0.717, 1.165) is 6.07 Å². The van der Waals surface area contributed by atoms with Crippen molar-refractivity contribution in [2.24, 2.45) is 0 Å². The summed E-state index contributed by atoms with van der Waals surface area (Å²) in [6.07, 6.45) is 1.52. The zero-order valence-corrected chi connectivity index (χ0v) is 13.2. The molecule has 0 bridgehead atoms. The lowest BCUT2D eigenvalue weighted by Gasteiger charge is -2.15. The van der Waals surface area contributed by atoms with Crippen LogP contribution in [0, 0.1) is 11.6 Å². The number of rotatable bonds is 4. The molecule has 0 aliphatic carbocycles. The van der Waals surface area contributed by atoms with Crippen molar-refractivity contribution in [3.05, 3.63) is 58.3 Å². The third kappa shape index (κ3) is 3.63. The molecule has 4 nitrogen and oxygen atoms in total. The summed E-state index contributed by atoms with van der Waals surface area (Å²) in [5.74, 6) is -2.03. The van der Waals surface area contributed by atoms with Gasteiger partial charge in [0.1, 0.15) is 16.5 Å². The highest BCUT2D eigenvalue weighted by Gasteiger charge is 2.26. The highest BCUT2D eigenvalue weighted by Crippen LogP contribution is 2.27. The number of hydrogen-bond donors (Lipinski definition) is 1. The van der Waals surface area contributed by atoms with Gasteiger partial charge in [0.05, 0.1) is 11.7 Å². The topological polar surface area (TPSA) is 59.1 Å². The van der Waals surface area contributed by atoms with Crippen molar-refractivity contribution in [3.8, 4) is 0 Å². The fraction of sp³-hybridized carbons (Fsp3) is 0.154. The first-order valence-electron chi connectivity index (χ1n) is 5.89. The molecule has 2 rings (SSSR count). The third-order valence-electron chi connectivity index (χ3n) is 2.70. The van der Waals surface area contributed by atoms with Crippen molar-refractivity contribution in [1.82, 2.24) is 9.71 Å². The molecule has 2 aromatic rings. The number of nitrogens with one attached hydrogen (secondary N) is 1. The third-order valence-corrected chi connectivity index (χ3v) is 5.20. The molecule has 1 aromatic carbocycles. The second-order valence-electron chi connectivity index (χ2n) is 4.30. The molecule has 8 heteroatoms. The van der Waals surface area contributed by atoms with E-state index in [2.05, 4.69) is 25.6 Å². The Morgan fingerprint density at radius 2 is 2.00 bits per heavy atom. The van der Waals surface area contributed by atoms with Gasteiger partial charge in [-0.1, -0.05) is 6.07 Å². The van der Waals surface area contributed by atoms with Gasteiger partial charge < -0.3 is 0 Å². The van der Waals surface area contributed by atoms with Gasteiger partial charge in [-0.25, -0.2) is 21.9 Å². The Balaban J connectivity index is 2.36. The van der Waals surface area contributed by atoms with Crippen LogP contribution in [-0.2, 0) is 10.0 Å². The van der Waals surface area contributed by atoms with Crippen LogP contribution in [0.1, 0.15) is 18.7 Å². The number of hydrogen-bond acceptors (Lipinski definition) is 3. The molecule has 112 valence electrons. The molecule has 0 aliphatic heterocycles. The summed E-state index contributed by atoms with van der Waals surface area (Å²) in [4.78, 5) is 3.39. The largest absolute Gasteiger partial charge is 0.260 e. The van der Waals surface area contributed by atoms with Crippen molar-refractivity contribution < 1.29 is 17.2 Å². The molecule has 1 heterocycles. The van der Waals surface area contributed by atoms with E-state index in [-0.39, 0.29) is 4.47 Å². The van der Waals surface area contributed by atoms with E-state index in [1.165, 1.54) is 6.20 Å². The van der Waals surface area contributed by atoms with Gasteiger partial charge in [0.25, 0.3) is 0 Å². The summed E-state index contributed by atoms with van der Waals surface area (Å²) in [6.45, 7) is 1.58. The zero-order chi connectivity index (χ0) is 15.6. The summed E-state index contributed by atoms with van der Waals surface area (Å²) in [6, 6.07) is 5.80. The average molecular weight is 377 g/mol. The van der Waals surface area contributed by atoms with E-state index >= 15 is 0 Å². The highest BCUT2D eigenvalue weighted by atomic mass is 79.9. The van der Waals surface area contributed by atoms with Gasteiger partial charge in [0.15, 0.2) is 0 Å². The van der Waals surface area contributed by atoms with Crippen molar-refractivity contribution >= 4 is 26.0 Å². The lowest BCUT2D eigenvalue weighted by molar-refractivity contribution is 0.533. The fourth-order valence-corrected chi connectivity index (χ4v) is 4.15. The Hall–Kier alpha value is -1.38. The summed E-state index contributed by atoms with van der Waals surface area (Å²) in [7, 11) is -4.16. The lowest BCUT2D eigenvalue weighted by Crippen LogP contribution is -2.28. The van der Waals surface area contributed by atoms with Crippen molar-refractivity contribution in [3.63, 3.8) is 0 Å². The number of aromatic nitrogens is 1. The van der Waals surface area contributed by atoms with Crippen LogP contribution in [0.25, 0.3) is 0 Å².